The Morgan fingerprint density at radius 1 is 0.525 bits per heavy atom. The molecule has 5 aromatic carbocycles. The standard InChI is InChI=1S/C37H27N3/c1-37(2)30-19-11-9-17-26(30)28-21-29-27-18-10-12-20-33(27)40(34(29)22-31(28)37)35-23-32(24-13-5-3-6-14-24)38-36(39-35)25-15-7-4-8-16-25/h3-23H,1-2H3. The number of hydrogen-bond acceptors (Lipinski definition) is 2. The smallest absolute Gasteiger partial charge is 0.162 e. The van der Waals surface area contributed by atoms with Crippen LogP contribution in [0, 0.1) is 0 Å². The van der Waals surface area contributed by atoms with Crippen LogP contribution in [0.1, 0.15) is 25.0 Å². The third-order valence-electron chi connectivity index (χ3n) is 8.42. The van der Waals surface area contributed by atoms with Crippen molar-refractivity contribution in [3.8, 4) is 39.6 Å². The number of rotatable bonds is 3. The van der Waals surface area contributed by atoms with Gasteiger partial charge in [-0.1, -0.05) is 117 Å². The van der Waals surface area contributed by atoms with Crippen LogP contribution in [-0.4, -0.2) is 14.5 Å². The molecule has 0 spiro atoms. The van der Waals surface area contributed by atoms with Crippen LogP contribution in [0.25, 0.3) is 61.4 Å². The van der Waals surface area contributed by atoms with E-state index in [1.54, 1.807) is 0 Å². The molecular formula is C37H27N3. The Labute approximate surface area is 233 Å². The van der Waals surface area contributed by atoms with Crippen molar-refractivity contribution in [3.05, 3.63) is 139 Å². The van der Waals surface area contributed by atoms with Gasteiger partial charge in [0.05, 0.1) is 16.7 Å². The fraction of sp³-hybridized carbons (Fsp3) is 0.0811. The van der Waals surface area contributed by atoms with Gasteiger partial charge in [-0.2, -0.15) is 0 Å². The number of hydrogen-bond donors (Lipinski definition) is 0. The topological polar surface area (TPSA) is 30.7 Å². The first kappa shape index (κ1) is 22.9. The van der Waals surface area contributed by atoms with Crippen molar-refractivity contribution in [1.29, 1.82) is 0 Å². The van der Waals surface area contributed by atoms with Gasteiger partial charge in [0.25, 0.3) is 0 Å². The molecule has 0 radical (unpaired) electrons. The molecule has 40 heavy (non-hydrogen) atoms. The zero-order chi connectivity index (χ0) is 26.8. The van der Waals surface area contributed by atoms with Crippen molar-refractivity contribution < 1.29 is 0 Å². The van der Waals surface area contributed by atoms with E-state index in [0.29, 0.717) is 0 Å². The summed E-state index contributed by atoms with van der Waals surface area (Å²) in [6, 6.07) is 45.1. The molecule has 2 aromatic heterocycles. The summed E-state index contributed by atoms with van der Waals surface area (Å²) in [7, 11) is 0. The maximum Gasteiger partial charge on any atom is 0.162 e. The molecule has 1 aliphatic rings. The van der Waals surface area contributed by atoms with Crippen molar-refractivity contribution in [2.24, 2.45) is 0 Å². The lowest BCUT2D eigenvalue weighted by Crippen LogP contribution is -2.15. The van der Waals surface area contributed by atoms with E-state index in [0.717, 1.165) is 39.5 Å². The molecule has 1 aliphatic carbocycles. The van der Waals surface area contributed by atoms with Gasteiger partial charge in [0.2, 0.25) is 0 Å². The lowest BCUT2D eigenvalue weighted by molar-refractivity contribution is 0.661. The Bertz CT molecular complexity index is 2010. The van der Waals surface area contributed by atoms with Gasteiger partial charge >= 0.3 is 0 Å². The van der Waals surface area contributed by atoms with Crippen molar-refractivity contribution in [1.82, 2.24) is 14.5 Å². The summed E-state index contributed by atoms with van der Waals surface area (Å²) in [6.45, 7) is 4.67. The van der Waals surface area contributed by atoms with Gasteiger partial charge in [0.1, 0.15) is 5.82 Å². The van der Waals surface area contributed by atoms with Crippen molar-refractivity contribution in [2.75, 3.05) is 0 Å². The molecular weight excluding hydrogens is 486 g/mol. The maximum atomic E-state index is 5.19. The van der Waals surface area contributed by atoms with E-state index >= 15 is 0 Å². The van der Waals surface area contributed by atoms with Gasteiger partial charge in [0, 0.05) is 33.4 Å². The second-order valence-corrected chi connectivity index (χ2v) is 11.1. The molecule has 190 valence electrons. The number of aromatic nitrogens is 3. The summed E-state index contributed by atoms with van der Waals surface area (Å²) in [5.74, 6) is 1.59. The molecule has 3 heteroatoms. The van der Waals surface area contributed by atoms with E-state index in [2.05, 4.69) is 122 Å². The number of para-hydroxylation sites is 1. The quantitative estimate of drug-likeness (QED) is 0.236. The van der Waals surface area contributed by atoms with Crippen molar-refractivity contribution in [2.45, 2.75) is 19.3 Å². The minimum absolute atomic E-state index is 0.0858. The van der Waals surface area contributed by atoms with E-state index in [1.165, 1.54) is 33.0 Å². The minimum atomic E-state index is -0.0858. The molecule has 0 saturated heterocycles. The largest absolute Gasteiger partial charge is 0.294 e. The van der Waals surface area contributed by atoms with Crippen molar-refractivity contribution >= 4 is 21.8 Å². The molecule has 0 fully saturated rings. The highest BCUT2D eigenvalue weighted by Crippen LogP contribution is 2.50. The minimum Gasteiger partial charge on any atom is -0.294 e. The second kappa shape index (κ2) is 8.49. The summed E-state index contributed by atoms with van der Waals surface area (Å²) in [6.07, 6.45) is 0. The monoisotopic (exact) mass is 513 g/mol. The normalized spacial score (nSPS) is 13.4. The third kappa shape index (κ3) is 3.31. The first-order chi connectivity index (χ1) is 19.6. The van der Waals surface area contributed by atoms with E-state index in [-0.39, 0.29) is 5.41 Å². The van der Waals surface area contributed by atoms with E-state index in [9.17, 15) is 0 Å². The molecule has 7 aromatic rings. The van der Waals surface area contributed by atoms with Gasteiger partial charge in [0.15, 0.2) is 5.82 Å². The predicted octanol–water partition coefficient (Wildman–Crippen LogP) is 9.21. The first-order valence-electron chi connectivity index (χ1n) is 13.8. The van der Waals surface area contributed by atoms with E-state index in [1.807, 2.05) is 24.3 Å². The Morgan fingerprint density at radius 2 is 1.20 bits per heavy atom. The van der Waals surface area contributed by atoms with Crippen LogP contribution in [0.2, 0.25) is 0 Å². The van der Waals surface area contributed by atoms with Gasteiger partial charge < -0.3 is 0 Å². The van der Waals surface area contributed by atoms with Crippen LogP contribution >= 0.6 is 0 Å². The highest BCUT2D eigenvalue weighted by atomic mass is 15.1. The van der Waals surface area contributed by atoms with Crippen LogP contribution in [0.5, 0.6) is 0 Å². The molecule has 0 unspecified atom stereocenters. The Kier molecular flexibility index (Phi) is 4.86. The molecule has 8 rings (SSSR count). The predicted molar refractivity (Wildman–Crippen MR) is 165 cm³/mol. The summed E-state index contributed by atoms with van der Waals surface area (Å²) in [5.41, 5.74) is 10.6. The molecule has 0 bridgehead atoms. The van der Waals surface area contributed by atoms with Crippen LogP contribution in [0.15, 0.2) is 127 Å². The van der Waals surface area contributed by atoms with Crippen LogP contribution in [0.4, 0.5) is 0 Å². The molecule has 2 heterocycles. The van der Waals surface area contributed by atoms with Crippen LogP contribution < -0.4 is 0 Å². The lowest BCUT2D eigenvalue weighted by atomic mass is 9.82. The van der Waals surface area contributed by atoms with Crippen LogP contribution in [-0.2, 0) is 5.41 Å². The maximum absolute atomic E-state index is 5.19. The summed E-state index contributed by atoms with van der Waals surface area (Å²) in [5, 5.41) is 2.46. The fourth-order valence-electron chi connectivity index (χ4n) is 6.43. The Morgan fingerprint density at radius 3 is 2.00 bits per heavy atom. The SMILES string of the molecule is CC1(C)c2ccccc2-c2cc3c4ccccc4n(-c4cc(-c5ccccc5)nc(-c5ccccc5)n4)c3cc21. The fourth-order valence-corrected chi connectivity index (χ4v) is 6.43. The summed E-state index contributed by atoms with van der Waals surface area (Å²) in [4.78, 5) is 10.2. The molecule has 3 nitrogen and oxygen atoms in total. The second-order valence-electron chi connectivity index (χ2n) is 11.1. The Balaban J connectivity index is 1.46. The first-order valence-corrected chi connectivity index (χ1v) is 13.8. The highest BCUT2D eigenvalue weighted by molar-refractivity contribution is 6.11. The third-order valence-corrected chi connectivity index (χ3v) is 8.42. The zero-order valence-electron chi connectivity index (χ0n) is 22.5. The van der Waals surface area contributed by atoms with Crippen LogP contribution in [0.3, 0.4) is 0 Å². The molecule has 0 atom stereocenters. The lowest BCUT2D eigenvalue weighted by Gasteiger charge is -2.21. The van der Waals surface area contributed by atoms with Gasteiger partial charge in [-0.25, -0.2) is 9.97 Å². The van der Waals surface area contributed by atoms with Gasteiger partial charge in [-0.05, 0) is 40.5 Å². The van der Waals surface area contributed by atoms with Crippen molar-refractivity contribution in [3.63, 3.8) is 0 Å². The highest BCUT2D eigenvalue weighted by Gasteiger charge is 2.36. The van der Waals surface area contributed by atoms with E-state index in [4.69, 9.17) is 9.97 Å². The average molecular weight is 514 g/mol. The zero-order valence-corrected chi connectivity index (χ0v) is 22.5. The number of fused-ring (bicyclic) bond motifs is 6. The summed E-state index contributed by atoms with van der Waals surface area (Å²) >= 11 is 0. The van der Waals surface area contributed by atoms with Gasteiger partial charge in [-0.15, -0.1) is 0 Å². The molecule has 0 amide bonds. The number of nitrogens with zero attached hydrogens (tertiary/aromatic N) is 3. The average Bonchev–Trinajstić information content (AvgIpc) is 3.45. The Hall–Kier alpha value is -5.02. The van der Waals surface area contributed by atoms with Gasteiger partial charge in [-0.3, -0.25) is 4.57 Å². The molecule has 0 saturated carbocycles. The molecule has 0 N–H and O–H groups in total. The number of benzene rings is 5. The van der Waals surface area contributed by atoms with E-state index < -0.39 is 0 Å². The molecule has 0 aliphatic heterocycles. The summed E-state index contributed by atoms with van der Waals surface area (Å²) < 4.78 is 2.32.